The van der Waals surface area contributed by atoms with Gasteiger partial charge in [0.1, 0.15) is 4.88 Å². The van der Waals surface area contributed by atoms with Crippen LogP contribution in [0.4, 0.5) is 9.93 Å². The summed E-state index contributed by atoms with van der Waals surface area (Å²) in [7, 11) is 0. The van der Waals surface area contributed by atoms with E-state index < -0.39 is 0 Å². The molecule has 0 saturated carbocycles. The number of carbonyl (C=O) groups is 2. The molecule has 0 N–H and O–H groups in total. The van der Waals surface area contributed by atoms with Crippen molar-refractivity contribution < 1.29 is 14.3 Å². The lowest BCUT2D eigenvalue weighted by Gasteiger charge is -2.26. The standard InChI is InChI=1S/C19H19N5O3S/c20-11-14-3-1-2-4-15(14)13-23-5-6-24(19(23)26)18-21-12-16(28-18)17(25)22-7-9-27-10-8-22/h1-4,12H,5-10,13H2. The molecule has 0 spiro atoms. The minimum Gasteiger partial charge on any atom is -0.378 e. The highest BCUT2D eigenvalue weighted by Crippen LogP contribution is 2.28. The SMILES string of the molecule is N#Cc1ccccc1CN1CCN(c2ncc(C(=O)N3CCOCC3)s2)C1=O. The lowest BCUT2D eigenvalue weighted by Crippen LogP contribution is -2.40. The summed E-state index contributed by atoms with van der Waals surface area (Å²) in [5, 5.41) is 9.76. The van der Waals surface area contributed by atoms with E-state index in [4.69, 9.17) is 4.74 Å². The maximum Gasteiger partial charge on any atom is 0.326 e. The molecule has 0 radical (unpaired) electrons. The maximum atomic E-state index is 12.8. The quantitative estimate of drug-likeness (QED) is 0.786. The van der Waals surface area contributed by atoms with Crippen molar-refractivity contribution in [2.45, 2.75) is 6.54 Å². The first-order valence-electron chi connectivity index (χ1n) is 9.04. The van der Waals surface area contributed by atoms with Crippen molar-refractivity contribution in [1.29, 1.82) is 5.26 Å². The van der Waals surface area contributed by atoms with Gasteiger partial charge >= 0.3 is 6.03 Å². The Kier molecular flexibility index (Phi) is 5.23. The molecule has 28 heavy (non-hydrogen) atoms. The van der Waals surface area contributed by atoms with Gasteiger partial charge in [0.2, 0.25) is 0 Å². The molecule has 0 aliphatic carbocycles. The van der Waals surface area contributed by atoms with Crippen LogP contribution in [-0.4, -0.2) is 66.1 Å². The van der Waals surface area contributed by atoms with Crippen LogP contribution in [0.3, 0.4) is 0 Å². The van der Waals surface area contributed by atoms with Crippen LogP contribution in [0.25, 0.3) is 0 Å². The average Bonchev–Trinajstić information content (AvgIpc) is 3.36. The number of thiazole rings is 1. The number of hydrogen-bond acceptors (Lipinski definition) is 6. The normalized spacial score (nSPS) is 17.1. The zero-order valence-electron chi connectivity index (χ0n) is 15.2. The molecule has 2 aliphatic rings. The first kappa shape index (κ1) is 18.4. The number of carbonyl (C=O) groups excluding carboxylic acids is 2. The molecular weight excluding hydrogens is 378 g/mol. The molecule has 1 aromatic heterocycles. The summed E-state index contributed by atoms with van der Waals surface area (Å²) in [6.07, 6.45) is 1.54. The highest BCUT2D eigenvalue weighted by Gasteiger charge is 2.32. The largest absolute Gasteiger partial charge is 0.378 e. The van der Waals surface area contributed by atoms with Crippen LogP contribution in [0.5, 0.6) is 0 Å². The fourth-order valence-electron chi connectivity index (χ4n) is 3.29. The van der Waals surface area contributed by atoms with E-state index in [1.165, 1.54) is 11.3 Å². The lowest BCUT2D eigenvalue weighted by atomic mass is 10.1. The molecule has 0 bridgehead atoms. The predicted octanol–water partition coefficient (Wildman–Crippen LogP) is 1.93. The molecule has 1 aromatic carbocycles. The van der Waals surface area contributed by atoms with Gasteiger partial charge in [0.05, 0.1) is 31.0 Å². The van der Waals surface area contributed by atoms with Crippen LogP contribution in [0, 0.1) is 11.3 Å². The molecule has 2 saturated heterocycles. The number of nitrogens with zero attached hydrogens (tertiary/aromatic N) is 5. The number of rotatable bonds is 4. The average molecular weight is 397 g/mol. The van der Waals surface area contributed by atoms with E-state index in [-0.39, 0.29) is 11.9 Å². The molecule has 8 nitrogen and oxygen atoms in total. The summed E-state index contributed by atoms with van der Waals surface area (Å²) in [6.45, 7) is 3.66. The lowest BCUT2D eigenvalue weighted by molar-refractivity contribution is 0.0306. The summed E-state index contributed by atoms with van der Waals surface area (Å²) < 4.78 is 5.28. The third kappa shape index (κ3) is 3.56. The monoisotopic (exact) mass is 397 g/mol. The minimum absolute atomic E-state index is 0.0708. The Labute approximate surface area is 166 Å². The second-order valence-electron chi connectivity index (χ2n) is 6.54. The minimum atomic E-state index is -0.160. The number of nitriles is 1. The predicted molar refractivity (Wildman–Crippen MR) is 103 cm³/mol. The van der Waals surface area contributed by atoms with Crippen LogP contribution in [0.15, 0.2) is 30.5 Å². The van der Waals surface area contributed by atoms with Gasteiger partial charge in [-0.25, -0.2) is 9.78 Å². The second kappa shape index (κ2) is 7.96. The number of urea groups is 1. The van der Waals surface area contributed by atoms with Crippen molar-refractivity contribution in [1.82, 2.24) is 14.8 Å². The van der Waals surface area contributed by atoms with E-state index >= 15 is 0 Å². The van der Waals surface area contributed by atoms with Crippen LogP contribution in [-0.2, 0) is 11.3 Å². The number of amides is 3. The van der Waals surface area contributed by atoms with Crippen LogP contribution in [0.1, 0.15) is 20.8 Å². The second-order valence-corrected chi connectivity index (χ2v) is 7.55. The van der Waals surface area contributed by atoms with E-state index in [1.807, 2.05) is 18.2 Å². The van der Waals surface area contributed by atoms with Gasteiger partial charge in [-0.3, -0.25) is 9.69 Å². The third-order valence-electron chi connectivity index (χ3n) is 4.83. The van der Waals surface area contributed by atoms with Crippen molar-refractivity contribution in [3.8, 4) is 6.07 Å². The van der Waals surface area contributed by atoms with Crippen LogP contribution < -0.4 is 4.90 Å². The Morgan fingerprint density at radius 2 is 2.00 bits per heavy atom. The highest BCUT2D eigenvalue weighted by molar-refractivity contribution is 7.17. The van der Waals surface area contributed by atoms with Crippen molar-refractivity contribution in [3.05, 3.63) is 46.5 Å². The van der Waals surface area contributed by atoms with Crippen LogP contribution in [0.2, 0.25) is 0 Å². The number of ether oxygens (including phenoxy) is 1. The first-order chi connectivity index (χ1) is 13.7. The molecule has 144 valence electrons. The fourth-order valence-corrected chi connectivity index (χ4v) is 4.19. The number of morpholine rings is 1. The summed E-state index contributed by atoms with van der Waals surface area (Å²) in [6, 6.07) is 9.28. The van der Waals surface area contributed by atoms with E-state index in [9.17, 15) is 14.9 Å². The van der Waals surface area contributed by atoms with Crippen molar-refractivity contribution in [2.75, 3.05) is 44.3 Å². The van der Waals surface area contributed by atoms with Gasteiger partial charge in [-0.2, -0.15) is 5.26 Å². The Hall–Kier alpha value is -2.96. The summed E-state index contributed by atoms with van der Waals surface area (Å²) in [5.74, 6) is -0.0708. The van der Waals surface area contributed by atoms with E-state index in [0.717, 1.165) is 5.56 Å². The Morgan fingerprint density at radius 1 is 1.21 bits per heavy atom. The Bertz CT molecular complexity index is 932. The van der Waals surface area contributed by atoms with E-state index in [2.05, 4.69) is 11.1 Å². The molecule has 3 amide bonds. The van der Waals surface area contributed by atoms with Gasteiger partial charge in [-0.05, 0) is 11.6 Å². The molecule has 3 heterocycles. The van der Waals surface area contributed by atoms with Crippen molar-refractivity contribution >= 4 is 28.4 Å². The molecule has 4 rings (SSSR count). The number of hydrogen-bond donors (Lipinski definition) is 0. The molecule has 0 unspecified atom stereocenters. The zero-order valence-corrected chi connectivity index (χ0v) is 16.0. The molecular formula is C19H19N5O3S. The summed E-state index contributed by atoms with van der Waals surface area (Å²) in [4.78, 5) is 35.3. The molecule has 2 aromatic rings. The zero-order chi connectivity index (χ0) is 19.5. The number of anilines is 1. The number of aromatic nitrogens is 1. The summed E-state index contributed by atoms with van der Waals surface area (Å²) in [5.41, 5.74) is 1.39. The first-order valence-corrected chi connectivity index (χ1v) is 9.86. The van der Waals surface area contributed by atoms with Crippen molar-refractivity contribution in [3.63, 3.8) is 0 Å². The molecule has 2 aliphatic heterocycles. The van der Waals surface area contributed by atoms with Gasteiger partial charge in [0, 0.05) is 32.7 Å². The van der Waals surface area contributed by atoms with Gasteiger partial charge < -0.3 is 14.5 Å². The fraction of sp³-hybridized carbons (Fsp3) is 0.368. The van der Waals surface area contributed by atoms with Crippen LogP contribution >= 0.6 is 11.3 Å². The van der Waals surface area contributed by atoms with Crippen molar-refractivity contribution in [2.24, 2.45) is 0 Å². The summed E-state index contributed by atoms with van der Waals surface area (Å²) >= 11 is 1.23. The topological polar surface area (TPSA) is 89.8 Å². The highest BCUT2D eigenvalue weighted by atomic mass is 32.1. The van der Waals surface area contributed by atoms with Gasteiger partial charge in [0.15, 0.2) is 5.13 Å². The molecule has 2 fully saturated rings. The number of benzene rings is 1. The third-order valence-corrected chi connectivity index (χ3v) is 5.84. The van der Waals surface area contributed by atoms with Gasteiger partial charge in [-0.15, -0.1) is 0 Å². The molecule has 0 atom stereocenters. The van der Waals surface area contributed by atoms with E-state index in [0.29, 0.717) is 61.5 Å². The Balaban J connectivity index is 1.45. The smallest absolute Gasteiger partial charge is 0.326 e. The van der Waals surface area contributed by atoms with Gasteiger partial charge in [0.25, 0.3) is 5.91 Å². The maximum absolute atomic E-state index is 12.8. The van der Waals surface area contributed by atoms with Gasteiger partial charge in [-0.1, -0.05) is 29.5 Å². The Morgan fingerprint density at radius 3 is 2.79 bits per heavy atom. The molecule has 9 heteroatoms. The van der Waals surface area contributed by atoms with E-state index in [1.54, 1.807) is 27.0 Å².